The Labute approximate surface area is 104 Å². The molecule has 1 unspecified atom stereocenters. The van der Waals surface area contributed by atoms with Crippen LogP contribution in [0.2, 0.25) is 0 Å². The van der Waals surface area contributed by atoms with E-state index in [-0.39, 0.29) is 0 Å². The predicted octanol–water partition coefficient (Wildman–Crippen LogP) is 3.47. The highest BCUT2D eigenvalue weighted by Gasteiger charge is 2.43. The van der Waals surface area contributed by atoms with Gasteiger partial charge in [0.05, 0.1) is 0 Å². The zero-order chi connectivity index (χ0) is 11.9. The third-order valence-electron chi connectivity index (χ3n) is 5.11. The Hall–Kier alpha value is -0.820. The summed E-state index contributed by atoms with van der Waals surface area (Å²) >= 11 is 0. The summed E-state index contributed by atoms with van der Waals surface area (Å²) < 4.78 is 0. The van der Waals surface area contributed by atoms with Gasteiger partial charge >= 0.3 is 0 Å². The van der Waals surface area contributed by atoms with E-state index >= 15 is 0 Å². The molecule has 0 saturated heterocycles. The molecular weight excluding hydrogens is 206 g/mol. The number of aryl methyl sites for hydroxylation is 1. The fourth-order valence-corrected chi connectivity index (χ4v) is 4.10. The van der Waals surface area contributed by atoms with Crippen molar-refractivity contribution in [3.8, 4) is 0 Å². The summed E-state index contributed by atoms with van der Waals surface area (Å²) in [4.78, 5) is 0. The molecule has 3 rings (SSSR count). The van der Waals surface area contributed by atoms with Crippen molar-refractivity contribution >= 4 is 0 Å². The molecule has 0 heterocycles. The average Bonchev–Trinajstić information content (AvgIpc) is 2.36. The fourth-order valence-electron chi connectivity index (χ4n) is 4.10. The second-order valence-electron chi connectivity index (χ2n) is 5.96. The topological polar surface area (TPSA) is 26.0 Å². The van der Waals surface area contributed by atoms with E-state index in [0.717, 1.165) is 0 Å². The van der Waals surface area contributed by atoms with Gasteiger partial charge in [-0.25, -0.2) is 0 Å². The van der Waals surface area contributed by atoms with E-state index in [1.54, 1.807) is 11.1 Å². The molecule has 1 atom stereocenters. The molecule has 1 saturated carbocycles. The molecule has 1 aromatic carbocycles. The summed E-state index contributed by atoms with van der Waals surface area (Å²) in [5.74, 6) is 0. The van der Waals surface area contributed by atoms with E-state index in [4.69, 9.17) is 5.73 Å². The van der Waals surface area contributed by atoms with E-state index in [9.17, 15) is 0 Å². The molecule has 0 aromatic heterocycles. The smallest absolute Gasteiger partial charge is 0.0140 e. The van der Waals surface area contributed by atoms with Gasteiger partial charge in [-0.3, -0.25) is 0 Å². The summed E-state index contributed by atoms with van der Waals surface area (Å²) in [5, 5.41) is 0. The van der Waals surface area contributed by atoms with Crippen molar-refractivity contribution in [2.24, 2.45) is 5.73 Å². The van der Waals surface area contributed by atoms with Crippen molar-refractivity contribution in [2.75, 3.05) is 0 Å². The van der Waals surface area contributed by atoms with E-state index < -0.39 is 0 Å². The lowest BCUT2D eigenvalue weighted by molar-refractivity contribution is 0.221. The first-order chi connectivity index (χ1) is 8.24. The normalized spacial score (nSPS) is 26.8. The lowest BCUT2D eigenvalue weighted by Gasteiger charge is -2.47. The number of fused-ring (bicyclic) bond motifs is 2. The first-order valence-electron chi connectivity index (χ1n) is 7.08. The van der Waals surface area contributed by atoms with Crippen LogP contribution in [-0.2, 0) is 11.8 Å². The Balaban J connectivity index is 2.12. The number of nitrogens with two attached hydrogens (primary N) is 1. The molecule has 0 bridgehead atoms. The van der Waals surface area contributed by atoms with Crippen molar-refractivity contribution in [3.05, 3.63) is 34.9 Å². The third kappa shape index (κ3) is 1.63. The lowest BCUT2D eigenvalue weighted by Crippen LogP contribution is -2.50. The minimum Gasteiger partial charge on any atom is -0.327 e. The van der Waals surface area contributed by atoms with Gasteiger partial charge in [-0.2, -0.15) is 0 Å². The quantitative estimate of drug-likeness (QED) is 0.724. The van der Waals surface area contributed by atoms with Crippen LogP contribution in [0.4, 0.5) is 0 Å². The number of hydrogen-bond donors (Lipinski definition) is 1. The Kier molecular flexibility index (Phi) is 2.74. The Morgan fingerprint density at radius 1 is 1.18 bits per heavy atom. The first-order valence-corrected chi connectivity index (χ1v) is 7.08. The summed E-state index contributed by atoms with van der Waals surface area (Å²) in [6, 6.07) is 7.22. The van der Waals surface area contributed by atoms with Gasteiger partial charge < -0.3 is 5.73 Å². The molecule has 2 aliphatic carbocycles. The zero-order valence-electron chi connectivity index (χ0n) is 10.8. The van der Waals surface area contributed by atoms with Gasteiger partial charge in [-0.05, 0) is 49.3 Å². The van der Waals surface area contributed by atoms with E-state index in [1.165, 1.54) is 50.5 Å². The third-order valence-corrected chi connectivity index (χ3v) is 5.11. The van der Waals surface area contributed by atoms with Gasteiger partial charge in [-0.15, -0.1) is 0 Å². The minimum atomic E-state index is 0.317. The monoisotopic (exact) mass is 229 g/mol. The zero-order valence-corrected chi connectivity index (χ0v) is 10.8. The molecule has 92 valence electrons. The molecular formula is C16H23N. The second-order valence-corrected chi connectivity index (χ2v) is 5.96. The molecule has 0 aliphatic heterocycles. The molecule has 1 aromatic rings. The number of rotatable bonds is 0. The van der Waals surface area contributed by atoms with Crippen LogP contribution in [-0.4, -0.2) is 6.04 Å². The average molecular weight is 229 g/mol. The van der Waals surface area contributed by atoms with E-state index in [2.05, 4.69) is 25.1 Å². The molecule has 1 nitrogen and oxygen atoms in total. The SMILES string of the molecule is Cc1cccc2c1CCC(N)C21CCCCC1. The molecule has 1 fully saturated rings. The Morgan fingerprint density at radius 2 is 1.94 bits per heavy atom. The summed E-state index contributed by atoms with van der Waals surface area (Å²) in [6.07, 6.45) is 9.11. The highest BCUT2D eigenvalue weighted by atomic mass is 14.7. The van der Waals surface area contributed by atoms with Crippen LogP contribution in [0, 0.1) is 6.92 Å². The van der Waals surface area contributed by atoms with Crippen molar-refractivity contribution < 1.29 is 0 Å². The van der Waals surface area contributed by atoms with Crippen LogP contribution in [0.3, 0.4) is 0 Å². The molecule has 0 amide bonds. The molecule has 1 heteroatoms. The molecule has 2 aliphatic rings. The second kappa shape index (κ2) is 4.13. The van der Waals surface area contributed by atoms with E-state index in [1.807, 2.05) is 0 Å². The van der Waals surface area contributed by atoms with Gasteiger partial charge in [0.25, 0.3) is 0 Å². The molecule has 2 N–H and O–H groups in total. The maximum absolute atomic E-state index is 6.51. The van der Waals surface area contributed by atoms with Crippen LogP contribution < -0.4 is 5.73 Å². The number of hydrogen-bond acceptors (Lipinski definition) is 1. The predicted molar refractivity (Wildman–Crippen MR) is 72.2 cm³/mol. The maximum Gasteiger partial charge on any atom is 0.0140 e. The Morgan fingerprint density at radius 3 is 2.71 bits per heavy atom. The lowest BCUT2D eigenvalue weighted by atomic mass is 9.59. The maximum atomic E-state index is 6.51. The van der Waals surface area contributed by atoms with Crippen molar-refractivity contribution in [2.45, 2.75) is 63.3 Å². The van der Waals surface area contributed by atoms with Crippen molar-refractivity contribution in [1.29, 1.82) is 0 Å². The van der Waals surface area contributed by atoms with Gasteiger partial charge in [0, 0.05) is 11.5 Å². The highest BCUT2D eigenvalue weighted by Crippen LogP contribution is 2.47. The highest BCUT2D eigenvalue weighted by molar-refractivity contribution is 5.43. The molecule has 17 heavy (non-hydrogen) atoms. The van der Waals surface area contributed by atoms with Gasteiger partial charge in [0.15, 0.2) is 0 Å². The largest absolute Gasteiger partial charge is 0.327 e. The Bertz CT molecular complexity index is 416. The van der Waals surface area contributed by atoms with Gasteiger partial charge in [-0.1, -0.05) is 37.5 Å². The standard InChI is InChI=1S/C16H23N/c1-12-6-5-7-14-13(12)8-9-15(17)16(14)10-3-2-4-11-16/h5-7,15H,2-4,8-11,17H2,1H3. The van der Waals surface area contributed by atoms with Gasteiger partial charge in [0.1, 0.15) is 0 Å². The van der Waals surface area contributed by atoms with Crippen LogP contribution in [0.5, 0.6) is 0 Å². The molecule has 1 spiro atoms. The van der Waals surface area contributed by atoms with Gasteiger partial charge in [0.2, 0.25) is 0 Å². The summed E-state index contributed by atoms with van der Waals surface area (Å²) in [5.41, 5.74) is 11.5. The van der Waals surface area contributed by atoms with E-state index in [0.29, 0.717) is 11.5 Å². The summed E-state index contributed by atoms with van der Waals surface area (Å²) in [7, 11) is 0. The minimum absolute atomic E-state index is 0.317. The summed E-state index contributed by atoms with van der Waals surface area (Å²) in [6.45, 7) is 2.26. The van der Waals surface area contributed by atoms with Crippen molar-refractivity contribution in [3.63, 3.8) is 0 Å². The fraction of sp³-hybridized carbons (Fsp3) is 0.625. The van der Waals surface area contributed by atoms with Crippen molar-refractivity contribution in [1.82, 2.24) is 0 Å². The van der Waals surface area contributed by atoms with Crippen LogP contribution in [0.25, 0.3) is 0 Å². The van der Waals surface area contributed by atoms with Crippen LogP contribution in [0.15, 0.2) is 18.2 Å². The number of benzene rings is 1. The molecule has 0 radical (unpaired) electrons. The van der Waals surface area contributed by atoms with Crippen LogP contribution >= 0.6 is 0 Å². The van der Waals surface area contributed by atoms with Crippen LogP contribution in [0.1, 0.15) is 55.2 Å². The first kappa shape index (κ1) is 11.3.